The van der Waals surface area contributed by atoms with E-state index in [0.29, 0.717) is 16.4 Å². The number of pyridine rings is 1. The van der Waals surface area contributed by atoms with Gasteiger partial charge in [-0.2, -0.15) is 0 Å². The minimum Gasteiger partial charge on any atom is -0.477 e. The van der Waals surface area contributed by atoms with Gasteiger partial charge in [0.25, 0.3) is 10.0 Å². The van der Waals surface area contributed by atoms with Gasteiger partial charge in [0.05, 0.1) is 0 Å². The van der Waals surface area contributed by atoms with Crippen molar-refractivity contribution in [2.45, 2.75) is 4.21 Å². The van der Waals surface area contributed by atoms with Gasteiger partial charge in [0, 0.05) is 17.3 Å². The zero-order valence-electron chi connectivity index (χ0n) is 9.20. The highest BCUT2D eigenvalue weighted by atomic mass is 35.5. The average Bonchev–Trinajstić information content (AvgIpc) is 2.78. The van der Waals surface area contributed by atoms with E-state index >= 15 is 0 Å². The second-order valence-corrected chi connectivity index (χ2v) is 6.82. The number of carboxylic acids is 1. The highest BCUT2D eigenvalue weighted by Gasteiger charge is 2.19. The molecule has 19 heavy (non-hydrogen) atoms. The van der Waals surface area contributed by atoms with Crippen molar-refractivity contribution < 1.29 is 18.3 Å². The molecule has 0 unspecified atom stereocenters. The molecule has 0 aliphatic heterocycles. The molecule has 6 nitrogen and oxygen atoms in total. The van der Waals surface area contributed by atoms with Crippen LogP contribution in [0.3, 0.4) is 0 Å². The van der Waals surface area contributed by atoms with Crippen LogP contribution in [0.25, 0.3) is 0 Å². The zero-order chi connectivity index (χ0) is 14.0. The fourth-order valence-corrected chi connectivity index (χ4v) is 3.53. The van der Waals surface area contributed by atoms with Gasteiger partial charge in [-0.1, -0.05) is 11.6 Å². The van der Waals surface area contributed by atoms with E-state index in [1.54, 1.807) is 0 Å². The molecule has 100 valence electrons. The Hall–Kier alpha value is -1.64. The lowest BCUT2D eigenvalue weighted by molar-refractivity contribution is 0.0702. The van der Waals surface area contributed by atoms with Crippen LogP contribution in [0.5, 0.6) is 0 Å². The molecule has 2 rings (SSSR count). The molecule has 0 bridgehead atoms. The standard InChI is InChI=1S/C10H7ClN2O4S2/c11-6-3-4-12-8(5-6)13-19(16,17)9-2-1-7(18-9)10(14)15/h1-5H,(H,12,13)(H,14,15). The molecule has 0 radical (unpaired) electrons. The van der Waals surface area contributed by atoms with E-state index in [1.165, 1.54) is 30.5 Å². The maximum absolute atomic E-state index is 12.0. The molecular weight excluding hydrogens is 312 g/mol. The monoisotopic (exact) mass is 318 g/mol. The summed E-state index contributed by atoms with van der Waals surface area (Å²) >= 11 is 6.38. The summed E-state index contributed by atoms with van der Waals surface area (Å²) in [5.74, 6) is -1.11. The molecule has 0 saturated carbocycles. The van der Waals surface area contributed by atoms with Gasteiger partial charge < -0.3 is 5.11 Å². The summed E-state index contributed by atoms with van der Waals surface area (Å²) in [5, 5.41) is 9.09. The molecule has 0 aliphatic rings. The molecule has 2 heterocycles. The molecule has 2 aromatic rings. The third kappa shape index (κ3) is 3.22. The normalized spacial score (nSPS) is 11.2. The number of thiophene rings is 1. The second-order valence-electron chi connectivity index (χ2n) is 3.39. The predicted molar refractivity (Wildman–Crippen MR) is 71.3 cm³/mol. The Morgan fingerprint density at radius 2 is 2.11 bits per heavy atom. The minimum atomic E-state index is -3.86. The van der Waals surface area contributed by atoms with E-state index in [2.05, 4.69) is 9.71 Å². The van der Waals surface area contributed by atoms with Crippen molar-refractivity contribution in [3.63, 3.8) is 0 Å². The van der Waals surface area contributed by atoms with Crippen LogP contribution in [0.1, 0.15) is 9.67 Å². The molecule has 2 aromatic heterocycles. The number of carboxylic acid groups (broad SMARTS) is 1. The lowest BCUT2D eigenvalue weighted by Gasteiger charge is -2.04. The Morgan fingerprint density at radius 1 is 1.37 bits per heavy atom. The molecular formula is C10H7ClN2O4S2. The van der Waals surface area contributed by atoms with E-state index in [9.17, 15) is 13.2 Å². The molecule has 0 fully saturated rings. The van der Waals surface area contributed by atoms with Gasteiger partial charge in [-0.3, -0.25) is 4.72 Å². The summed E-state index contributed by atoms with van der Waals surface area (Å²) in [4.78, 5) is 14.5. The van der Waals surface area contributed by atoms with E-state index in [-0.39, 0.29) is 14.9 Å². The van der Waals surface area contributed by atoms with Crippen LogP contribution >= 0.6 is 22.9 Å². The number of hydrogen-bond donors (Lipinski definition) is 2. The Kier molecular flexibility index (Phi) is 3.74. The smallest absolute Gasteiger partial charge is 0.345 e. The molecule has 9 heteroatoms. The Bertz CT molecular complexity index is 727. The lowest BCUT2D eigenvalue weighted by atomic mass is 10.5. The lowest BCUT2D eigenvalue weighted by Crippen LogP contribution is -2.12. The van der Waals surface area contributed by atoms with E-state index < -0.39 is 16.0 Å². The van der Waals surface area contributed by atoms with Crippen molar-refractivity contribution in [3.8, 4) is 0 Å². The summed E-state index contributed by atoms with van der Waals surface area (Å²) in [5.41, 5.74) is 0. The first kappa shape index (κ1) is 13.8. The van der Waals surface area contributed by atoms with Gasteiger partial charge in [0.15, 0.2) is 0 Å². The van der Waals surface area contributed by atoms with Crippen LogP contribution < -0.4 is 4.72 Å². The first-order chi connectivity index (χ1) is 8.88. The maximum Gasteiger partial charge on any atom is 0.345 e. The number of sulfonamides is 1. The van der Waals surface area contributed by atoms with Crippen molar-refractivity contribution in [1.82, 2.24) is 4.98 Å². The molecule has 2 N–H and O–H groups in total. The third-order valence-electron chi connectivity index (χ3n) is 2.02. The van der Waals surface area contributed by atoms with Gasteiger partial charge >= 0.3 is 5.97 Å². The van der Waals surface area contributed by atoms with Crippen molar-refractivity contribution in [3.05, 3.63) is 40.4 Å². The van der Waals surface area contributed by atoms with Crippen LogP contribution in [0.4, 0.5) is 5.82 Å². The molecule has 0 aromatic carbocycles. The van der Waals surface area contributed by atoms with E-state index in [4.69, 9.17) is 16.7 Å². The van der Waals surface area contributed by atoms with E-state index in [0.717, 1.165) is 0 Å². The largest absolute Gasteiger partial charge is 0.477 e. The molecule has 0 spiro atoms. The number of halogens is 1. The van der Waals surface area contributed by atoms with Crippen LogP contribution in [0.2, 0.25) is 5.02 Å². The van der Waals surface area contributed by atoms with Crippen LogP contribution in [0, 0.1) is 0 Å². The number of nitrogens with one attached hydrogen (secondary N) is 1. The van der Waals surface area contributed by atoms with Crippen LogP contribution in [-0.2, 0) is 10.0 Å². The number of aromatic carboxylic acids is 1. The maximum atomic E-state index is 12.0. The Balaban J connectivity index is 2.29. The summed E-state index contributed by atoms with van der Waals surface area (Å²) in [7, 11) is -3.86. The molecule has 0 aliphatic carbocycles. The van der Waals surface area contributed by atoms with Gasteiger partial charge in [-0.15, -0.1) is 11.3 Å². The third-order valence-corrected chi connectivity index (χ3v) is 5.17. The molecule has 0 amide bonds. The number of rotatable bonds is 4. The number of carbonyl (C=O) groups is 1. The number of nitrogens with zero attached hydrogens (tertiary/aromatic N) is 1. The summed E-state index contributed by atoms with van der Waals surface area (Å²) in [6, 6.07) is 5.31. The summed E-state index contributed by atoms with van der Waals surface area (Å²) < 4.78 is 26.1. The molecule has 0 atom stereocenters. The Labute approximate surface area is 117 Å². The van der Waals surface area contributed by atoms with Gasteiger partial charge in [0.1, 0.15) is 14.9 Å². The first-order valence-corrected chi connectivity index (χ1v) is 7.54. The fraction of sp³-hybridized carbons (Fsp3) is 0. The quantitative estimate of drug-likeness (QED) is 0.901. The second kappa shape index (κ2) is 5.16. The SMILES string of the molecule is O=C(O)c1ccc(S(=O)(=O)Nc2cc(Cl)ccn2)s1. The Morgan fingerprint density at radius 3 is 2.68 bits per heavy atom. The summed E-state index contributed by atoms with van der Waals surface area (Å²) in [6.45, 7) is 0. The first-order valence-electron chi connectivity index (χ1n) is 4.86. The van der Waals surface area contributed by atoms with Crippen molar-refractivity contribution >= 4 is 44.7 Å². The predicted octanol–water partition coefficient (Wildman–Crippen LogP) is 2.30. The van der Waals surface area contributed by atoms with Gasteiger partial charge in [0.2, 0.25) is 0 Å². The van der Waals surface area contributed by atoms with Crippen molar-refractivity contribution in [2.75, 3.05) is 4.72 Å². The minimum absolute atomic E-state index is 0.0561. The summed E-state index contributed by atoms with van der Waals surface area (Å²) in [6.07, 6.45) is 1.36. The average molecular weight is 319 g/mol. The van der Waals surface area contributed by atoms with Crippen molar-refractivity contribution in [2.24, 2.45) is 0 Å². The highest BCUT2D eigenvalue weighted by molar-refractivity contribution is 7.94. The number of hydrogen-bond acceptors (Lipinski definition) is 5. The zero-order valence-corrected chi connectivity index (χ0v) is 11.6. The van der Waals surface area contributed by atoms with E-state index in [1.807, 2.05) is 0 Å². The number of aromatic nitrogens is 1. The highest BCUT2D eigenvalue weighted by Crippen LogP contribution is 2.24. The molecule has 0 saturated heterocycles. The van der Waals surface area contributed by atoms with Crippen molar-refractivity contribution in [1.29, 1.82) is 0 Å². The van der Waals surface area contributed by atoms with Gasteiger partial charge in [-0.05, 0) is 18.2 Å². The van der Waals surface area contributed by atoms with Gasteiger partial charge in [-0.25, -0.2) is 18.2 Å². The van der Waals surface area contributed by atoms with Crippen LogP contribution in [-0.4, -0.2) is 24.5 Å². The number of anilines is 1. The topological polar surface area (TPSA) is 96.4 Å². The fourth-order valence-electron chi connectivity index (χ4n) is 1.23. The van der Waals surface area contributed by atoms with Crippen LogP contribution in [0.15, 0.2) is 34.7 Å².